The Morgan fingerprint density at radius 3 is 2.86 bits per heavy atom. The number of alkyl halides is 2. The molecule has 0 aromatic carbocycles. The van der Waals surface area contributed by atoms with Crippen molar-refractivity contribution in [2.24, 2.45) is 5.73 Å². The normalized spacial score (nSPS) is 11.4. The van der Waals surface area contributed by atoms with Gasteiger partial charge in [-0.25, -0.2) is 18.7 Å². The van der Waals surface area contributed by atoms with Crippen molar-refractivity contribution in [2.45, 2.75) is 12.8 Å². The Morgan fingerprint density at radius 1 is 1.57 bits per heavy atom. The Bertz CT molecular complexity index is 303. The average Bonchev–Trinajstić information content (AvgIpc) is 2.15. The van der Waals surface area contributed by atoms with Gasteiger partial charge in [-0.05, 0) is 13.0 Å². The molecule has 0 unspecified atom stereocenters. The molecule has 0 amide bonds. The Morgan fingerprint density at radius 2 is 2.29 bits per heavy atom. The predicted molar refractivity (Wildman–Crippen MR) is 49.3 cm³/mol. The highest BCUT2D eigenvalue weighted by Gasteiger charge is 2.26. The zero-order valence-electron chi connectivity index (χ0n) is 7.80. The second-order valence-corrected chi connectivity index (χ2v) is 2.94. The molecule has 1 rings (SSSR count). The summed E-state index contributed by atoms with van der Waals surface area (Å²) in [5, 5.41) is 2.42. The molecule has 0 saturated heterocycles. The molecule has 1 heterocycles. The maximum absolute atomic E-state index is 12.7. The van der Waals surface area contributed by atoms with Crippen molar-refractivity contribution < 1.29 is 8.78 Å². The molecule has 0 aliphatic carbocycles. The molecule has 0 spiro atoms. The third-order valence-corrected chi connectivity index (χ3v) is 1.60. The monoisotopic (exact) mass is 202 g/mol. The van der Waals surface area contributed by atoms with Crippen molar-refractivity contribution in [1.82, 2.24) is 9.97 Å². The molecule has 6 heteroatoms. The van der Waals surface area contributed by atoms with Gasteiger partial charge in [0.15, 0.2) is 0 Å². The van der Waals surface area contributed by atoms with Crippen LogP contribution in [0.3, 0.4) is 0 Å². The molecule has 78 valence electrons. The van der Waals surface area contributed by atoms with Crippen LogP contribution >= 0.6 is 0 Å². The van der Waals surface area contributed by atoms with Crippen LogP contribution in [0.25, 0.3) is 0 Å². The van der Waals surface area contributed by atoms with Crippen LogP contribution in [-0.2, 0) is 0 Å². The van der Waals surface area contributed by atoms with Gasteiger partial charge in [0.1, 0.15) is 0 Å². The van der Waals surface area contributed by atoms with Gasteiger partial charge in [0.25, 0.3) is 5.92 Å². The van der Waals surface area contributed by atoms with E-state index in [1.807, 2.05) is 0 Å². The van der Waals surface area contributed by atoms with E-state index in [9.17, 15) is 8.78 Å². The number of hydrogen-bond donors (Lipinski definition) is 2. The smallest absolute Gasteiger partial charge is 0.277 e. The fourth-order valence-electron chi connectivity index (χ4n) is 0.815. The highest BCUT2D eigenvalue weighted by Crippen LogP contribution is 2.11. The topological polar surface area (TPSA) is 63.8 Å². The zero-order chi connectivity index (χ0) is 10.6. The summed E-state index contributed by atoms with van der Waals surface area (Å²) in [6, 6.07) is 1.69. The van der Waals surface area contributed by atoms with E-state index in [2.05, 4.69) is 15.3 Å². The number of aromatic nitrogens is 2. The van der Waals surface area contributed by atoms with E-state index in [0.717, 1.165) is 5.69 Å². The Kier molecular flexibility index (Phi) is 3.29. The number of rotatable bonds is 4. The molecular weight excluding hydrogens is 190 g/mol. The molecule has 0 aliphatic heterocycles. The van der Waals surface area contributed by atoms with Crippen LogP contribution < -0.4 is 11.1 Å². The number of aryl methyl sites for hydroxylation is 1. The molecule has 14 heavy (non-hydrogen) atoms. The summed E-state index contributed by atoms with van der Waals surface area (Å²) in [6.07, 6.45) is 1.51. The third kappa shape index (κ3) is 3.21. The first kappa shape index (κ1) is 10.8. The second kappa shape index (κ2) is 4.28. The van der Waals surface area contributed by atoms with E-state index in [0.29, 0.717) is 0 Å². The maximum atomic E-state index is 12.7. The molecule has 1 aromatic rings. The van der Waals surface area contributed by atoms with Crippen LogP contribution in [0.5, 0.6) is 0 Å². The van der Waals surface area contributed by atoms with E-state index in [1.54, 1.807) is 13.0 Å². The van der Waals surface area contributed by atoms with Crippen LogP contribution in [0.1, 0.15) is 5.69 Å². The third-order valence-electron chi connectivity index (χ3n) is 1.60. The van der Waals surface area contributed by atoms with Gasteiger partial charge in [-0.15, -0.1) is 0 Å². The lowest BCUT2D eigenvalue weighted by atomic mass is 10.3. The number of nitrogens with two attached hydrogens (primary N) is 1. The Labute approximate surface area is 80.6 Å². The van der Waals surface area contributed by atoms with Crippen molar-refractivity contribution in [3.05, 3.63) is 18.0 Å². The van der Waals surface area contributed by atoms with Crippen LogP contribution in [0, 0.1) is 6.92 Å². The van der Waals surface area contributed by atoms with Gasteiger partial charge in [-0.1, -0.05) is 0 Å². The van der Waals surface area contributed by atoms with Gasteiger partial charge >= 0.3 is 0 Å². The lowest BCUT2D eigenvalue weighted by Gasteiger charge is -2.14. The molecule has 0 atom stereocenters. The molecule has 4 nitrogen and oxygen atoms in total. The zero-order valence-corrected chi connectivity index (χ0v) is 7.80. The number of halogens is 2. The minimum atomic E-state index is -2.92. The molecule has 0 saturated carbocycles. The number of hydrogen-bond acceptors (Lipinski definition) is 4. The van der Waals surface area contributed by atoms with Crippen molar-refractivity contribution >= 4 is 5.95 Å². The Hall–Kier alpha value is -1.30. The van der Waals surface area contributed by atoms with Gasteiger partial charge in [0, 0.05) is 11.9 Å². The van der Waals surface area contributed by atoms with E-state index < -0.39 is 19.0 Å². The summed E-state index contributed by atoms with van der Waals surface area (Å²) in [6.45, 7) is 0.521. The summed E-state index contributed by atoms with van der Waals surface area (Å²) < 4.78 is 25.4. The summed E-state index contributed by atoms with van der Waals surface area (Å²) >= 11 is 0. The summed E-state index contributed by atoms with van der Waals surface area (Å²) in [7, 11) is 0. The van der Waals surface area contributed by atoms with E-state index >= 15 is 0 Å². The van der Waals surface area contributed by atoms with Crippen molar-refractivity contribution in [1.29, 1.82) is 0 Å². The molecule has 0 fully saturated rings. The fourth-order valence-corrected chi connectivity index (χ4v) is 0.815. The minimum Gasteiger partial charge on any atom is -0.348 e. The lowest BCUT2D eigenvalue weighted by Crippen LogP contribution is -2.35. The van der Waals surface area contributed by atoms with Gasteiger partial charge in [-0.3, -0.25) is 0 Å². The van der Waals surface area contributed by atoms with Crippen molar-refractivity contribution in [3.8, 4) is 0 Å². The Balaban J connectivity index is 2.54. The second-order valence-electron chi connectivity index (χ2n) is 2.94. The molecule has 1 aromatic heterocycles. The van der Waals surface area contributed by atoms with Crippen LogP contribution in [-0.4, -0.2) is 29.0 Å². The van der Waals surface area contributed by atoms with Crippen molar-refractivity contribution in [3.63, 3.8) is 0 Å². The predicted octanol–water partition coefficient (Wildman–Crippen LogP) is 0.791. The summed E-state index contributed by atoms with van der Waals surface area (Å²) in [5.41, 5.74) is 5.59. The highest BCUT2D eigenvalue weighted by atomic mass is 19.3. The van der Waals surface area contributed by atoms with Gasteiger partial charge in [0.05, 0.1) is 13.1 Å². The van der Waals surface area contributed by atoms with Crippen LogP contribution in [0.15, 0.2) is 12.3 Å². The number of anilines is 1. The molecule has 0 radical (unpaired) electrons. The van der Waals surface area contributed by atoms with E-state index in [-0.39, 0.29) is 5.95 Å². The van der Waals surface area contributed by atoms with Crippen molar-refractivity contribution in [2.75, 3.05) is 18.4 Å². The molecule has 0 bridgehead atoms. The highest BCUT2D eigenvalue weighted by molar-refractivity contribution is 5.25. The summed E-state index contributed by atoms with van der Waals surface area (Å²) in [5.74, 6) is -2.73. The SMILES string of the molecule is Cc1ccnc(NCC(F)(F)CN)n1. The van der Waals surface area contributed by atoms with E-state index in [1.165, 1.54) is 6.20 Å². The number of nitrogens with zero attached hydrogens (tertiary/aromatic N) is 2. The average molecular weight is 202 g/mol. The molecule has 3 N–H and O–H groups in total. The molecular formula is C8H12F2N4. The van der Waals surface area contributed by atoms with Gasteiger partial charge < -0.3 is 11.1 Å². The van der Waals surface area contributed by atoms with Gasteiger partial charge in [0.2, 0.25) is 5.95 Å². The first-order chi connectivity index (χ1) is 6.53. The standard InChI is InChI=1S/C8H12F2N4/c1-6-2-3-12-7(14-6)13-5-8(9,10)4-11/h2-3H,4-5,11H2,1H3,(H,12,13,14). The first-order valence-corrected chi connectivity index (χ1v) is 4.15. The minimum absolute atomic E-state index is 0.193. The summed E-state index contributed by atoms with van der Waals surface area (Å²) in [4.78, 5) is 7.69. The van der Waals surface area contributed by atoms with Gasteiger partial charge in [-0.2, -0.15) is 0 Å². The molecule has 0 aliphatic rings. The number of nitrogens with one attached hydrogen (secondary N) is 1. The van der Waals surface area contributed by atoms with Crippen LogP contribution in [0.2, 0.25) is 0 Å². The quantitative estimate of drug-likeness (QED) is 0.757. The largest absolute Gasteiger partial charge is 0.348 e. The first-order valence-electron chi connectivity index (χ1n) is 4.15. The van der Waals surface area contributed by atoms with Crippen LogP contribution in [0.4, 0.5) is 14.7 Å². The maximum Gasteiger partial charge on any atom is 0.277 e. The fraction of sp³-hybridized carbons (Fsp3) is 0.500. The van der Waals surface area contributed by atoms with E-state index in [4.69, 9.17) is 5.73 Å². The lowest BCUT2D eigenvalue weighted by molar-refractivity contribution is 0.0252.